The third-order valence-corrected chi connectivity index (χ3v) is 4.59. The van der Waals surface area contributed by atoms with E-state index in [0.717, 1.165) is 16.6 Å². The first kappa shape index (κ1) is 15.3. The number of hydrogen-bond acceptors (Lipinski definition) is 2. The van der Waals surface area contributed by atoms with Crippen molar-refractivity contribution in [2.24, 2.45) is 0 Å². The molecule has 4 heteroatoms. The first-order valence-electron chi connectivity index (χ1n) is 7.50. The van der Waals surface area contributed by atoms with E-state index in [0.29, 0.717) is 0 Å². The van der Waals surface area contributed by atoms with Gasteiger partial charge in [-0.05, 0) is 56.4 Å². The molecule has 1 aliphatic heterocycles. The Labute approximate surface area is 131 Å². The highest BCUT2D eigenvalue weighted by Crippen LogP contribution is 2.36. The van der Waals surface area contributed by atoms with Crippen molar-refractivity contribution in [1.82, 2.24) is 0 Å². The Morgan fingerprint density at radius 1 is 0.818 bits per heavy atom. The largest absolute Gasteiger partial charge is 0.494 e. The first-order chi connectivity index (χ1) is 10.3. The van der Waals surface area contributed by atoms with Crippen LogP contribution in [-0.4, -0.2) is 18.3 Å². The molecule has 0 N–H and O–H groups in total. The van der Waals surface area contributed by atoms with Gasteiger partial charge < -0.3 is 9.31 Å². The summed E-state index contributed by atoms with van der Waals surface area (Å²) in [6, 6.07) is 14.5. The maximum atomic E-state index is 13.1. The smallest absolute Gasteiger partial charge is 0.399 e. The highest BCUT2D eigenvalue weighted by Gasteiger charge is 2.51. The van der Waals surface area contributed by atoms with Crippen molar-refractivity contribution < 1.29 is 13.7 Å². The highest BCUT2D eigenvalue weighted by molar-refractivity contribution is 6.62. The van der Waals surface area contributed by atoms with Gasteiger partial charge in [0.25, 0.3) is 0 Å². The number of hydrogen-bond donors (Lipinski definition) is 0. The summed E-state index contributed by atoms with van der Waals surface area (Å²) in [6.45, 7) is 8.15. The molecule has 0 spiro atoms. The zero-order chi connectivity index (χ0) is 16.0. The van der Waals surface area contributed by atoms with Crippen LogP contribution in [0.4, 0.5) is 4.39 Å². The molecule has 1 heterocycles. The van der Waals surface area contributed by atoms with Gasteiger partial charge in [0.05, 0.1) is 11.2 Å². The molecular weight excluding hydrogens is 278 g/mol. The fourth-order valence-electron chi connectivity index (χ4n) is 2.49. The van der Waals surface area contributed by atoms with E-state index in [-0.39, 0.29) is 24.1 Å². The van der Waals surface area contributed by atoms with Crippen LogP contribution in [0.2, 0.25) is 0 Å². The van der Waals surface area contributed by atoms with Gasteiger partial charge in [-0.3, -0.25) is 0 Å². The minimum atomic E-state index is -0.384. The van der Waals surface area contributed by atoms with Crippen LogP contribution in [0.15, 0.2) is 48.5 Å². The van der Waals surface area contributed by atoms with E-state index in [1.54, 1.807) is 12.1 Å². The van der Waals surface area contributed by atoms with E-state index >= 15 is 0 Å². The van der Waals surface area contributed by atoms with Crippen LogP contribution in [0.3, 0.4) is 0 Å². The van der Waals surface area contributed by atoms with Gasteiger partial charge in [-0.1, -0.05) is 36.4 Å². The average Bonchev–Trinajstić information content (AvgIpc) is 2.68. The molecule has 2 aromatic carbocycles. The summed E-state index contributed by atoms with van der Waals surface area (Å²) in [5, 5.41) is 0. The van der Waals surface area contributed by atoms with Crippen LogP contribution in [0.5, 0.6) is 0 Å². The predicted octanol–water partition coefficient (Wildman–Crippen LogP) is 3.79. The molecule has 0 bridgehead atoms. The third kappa shape index (κ3) is 2.69. The van der Waals surface area contributed by atoms with Crippen LogP contribution >= 0.6 is 0 Å². The Kier molecular flexibility index (Phi) is 3.62. The number of halogens is 1. The SMILES string of the molecule is CC1(C)OB(c2cccc(-c3ccc(F)cc3)c2)OC1(C)C. The molecule has 0 aromatic heterocycles. The van der Waals surface area contributed by atoms with Crippen molar-refractivity contribution in [2.45, 2.75) is 38.9 Å². The maximum absolute atomic E-state index is 13.1. The Bertz CT molecular complexity index is 664. The molecule has 114 valence electrons. The van der Waals surface area contributed by atoms with Crippen LogP contribution in [-0.2, 0) is 9.31 Å². The fraction of sp³-hybridized carbons (Fsp3) is 0.333. The topological polar surface area (TPSA) is 18.5 Å². The molecule has 1 saturated heterocycles. The molecule has 22 heavy (non-hydrogen) atoms. The summed E-state index contributed by atoms with van der Waals surface area (Å²) >= 11 is 0. The van der Waals surface area contributed by atoms with E-state index in [1.807, 2.05) is 52.0 Å². The number of rotatable bonds is 2. The van der Waals surface area contributed by atoms with Gasteiger partial charge in [-0.15, -0.1) is 0 Å². The number of benzene rings is 2. The second-order valence-electron chi connectivity index (χ2n) is 6.72. The Morgan fingerprint density at radius 2 is 1.41 bits per heavy atom. The van der Waals surface area contributed by atoms with Gasteiger partial charge in [-0.2, -0.15) is 0 Å². The molecule has 3 rings (SSSR count). The Balaban J connectivity index is 1.91. The first-order valence-corrected chi connectivity index (χ1v) is 7.50. The molecule has 0 aliphatic carbocycles. The second-order valence-corrected chi connectivity index (χ2v) is 6.72. The predicted molar refractivity (Wildman–Crippen MR) is 87.6 cm³/mol. The lowest BCUT2D eigenvalue weighted by Crippen LogP contribution is -2.41. The monoisotopic (exact) mass is 298 g/mol. The molecule has 0 atom stereocenters. The van der Waals surface area contributed by atoms with Gasteiger partial charge in [0.1, 0.15) is 5.82 Å². The van der Waals surface area contributed by atoms with Crippen molar-refractivity contribution in [1.29, 1.82) is 0 Å². The van der Waals surface area contributed by atoms with Crippen LogP contribution in [0.25, 0.3) is 11.1 Å². The summed E-state index contributed by atoms with van der Waals surface area (Å²) in [5.41, 5.74) is 2.25. The van der Waals surface area contributed by atoms with Gasteiger partial charge >= 0.3 is 7.12 Å². The van der Waals surface area contributed by atoms with Crippen LogP contribution in [0, 0.1) is 5.82 Å². The summed E-state index contributed by atoms with van der Waals surface area (Å²) in [5.74, 6) is -0.231. The Hall–Kier alpha value is -1.65. The zero-order valence-electron chi connectivity index (χ0n) is 13.4. The molecular formula is C18H20BFO2. The molecule has 2 nitrogen and oxygen atoms in total. The van der Waals surface area contributed by atoms with Crippen LogP contribution in [0.1, 0.15) is 27.7 Å². The van der Waals surface area contributed by atoms with Gasteiger partial charge in [0.2, 0.25) is 0 Å². The lowest BCUT2D eigenvalue weighted by Gasteiger charge is -2.32. The average molecular weight is 298 g/mol. The molecule has 0 amide bonds. The lowest BCUT2D eigenvalue weighted by atomic mass is 9.78. The van der Waals surface area contributed by atoms with Gasteiger partial charge in [0.15, 0.2) is 0 Å². The van der Waals surface area contributed by atoms with Crippen molar-refractivity contribution in [3.05, 3.63) is 54.3 Å². The summed E-state index contributed by atoms with van der Waals surface area (Å²) in [4.78, 5) is 0. The molecule has 0 unspecified atom stereocenters. The van der Waals surface area contributed by atoms with Crippen molar-refractivity contribution in [3.63, 3.8) is 0 Å². The maximum Gasteiger partial charge on any atom is 0.494 e. The molecule has 0 radical (unpaired) electrons. The van der Waals surface area contributed by atoms with Crippen LogP contribution < -0.4 is 5.46 Å². The Morgan fingerprint density at radius 3 is 2.00 bits per heavy atom. The van der Waals surface area contributed by atoms with E-state index in [4.69, 9.17) is 9.31 Å². The second kappa shape index (κ2) is 5.22. The van der Waals surface area contributed by atoms with Crippen molar-refractivity contribution in [3.8, 4) is 11.1 Å². The zero-order valence-corrected chi connectivity index (χ0v) is 13.4. The minimum absolute atomic E-state index is 0.231. The minimum Gasteiger partial charge on any atom is -0.399 e. The van der Waals surface area contributed by atoms with Gasteiger partial charge in [0, 0.05) is 0 Å². The summed E-state index contributed by atoms with van der Waals surface area (Å²) < 4.78 is 25.2. The van der Waals surface area contributed by atoms with Gasteiger partial charge in [-0.25, -0.2) is 4.39 Å². The summed E-state index contributed by atoms with van der Waals surface area (Å²) in [7, 11) is -0.384. The molecule has 1 fully saturated rings. The van der Waals surface area contributed by atoms with Crippen molar-refractivity contribution >= 4 is 12.6 Å². The van der Waals surface area contributed by atoms with E-state index < -0.39 is 0 Å². The van der Waals surface area contributed by atoms with E-state index in [9.17, 15) is 4.39 Å². The van der Waals surface area contributed by atoms with Crippen molar-refractivity contribution in [2.75, 3.05) is 0 Å². The van der Waals surface area contributed by atoms with E-state index in [2.05, 4.69) is 0 Å². The molecule has 1 aliphatic rings. The third-order valence-electron chi connectivity index (χ3n) is 4.59. The van der Waals surface area contributed by atoms with E-state index in [1.165, 1.54) is 12.1 Å². The fourth-order valence-corrected chi connectivity index (χ4v) is 2.49. The standard InChI is InChI=1S/C18H20BFO2/c1-17(2)18(3,4)22-19(21-17)15-7-5-6-14(12-15)13-8-10-16(20)11-9-13/h5-12H,1-4H3. The molecule has 0 saturated carbocycles. The summed E-state index contributed by atoms with van der Waals surface area (Å²) in [6.07, 6.45) is 0. The molecule has 2 aromatic rings. The lowest BCUT2D eigenvalue weighted by molar-refractivity contribution is 0.00578. The normalized spacial score (nSPS) is 19.4. The highest BCUT2D eigenvalue weighted by atomic mass is 19.1. The quantitative estimate of drug-likeness (QED) is 0.785.